The zero-order valence-corrected chi connectivity index (χ0v) is 11.5. The van der Waals surface area contributed by atoms with Gasteiger partial charge in [0.2, 0.25) is 5.91 Å². The van der Waals surface area contributed by atoms with Gasteiger partial charge >= 0.3 is 0 Å². The molecule has 2 aliphatic heterocycles. The number of nitrogens with one attached hydrogen (secondary N) is 1. The van der Waals surface area contributed by atoms with Gasteiger partial charge in [0.1, 0.15) is 0 Å². The van der Waals surface area contributed by atoms with Crippen molar-refractivity contribution in [3.05, 3.63) is 0 Å². The number of rotatable bonds is 5. The maximum atomic E-state index is 11.9. The van der Waals surface area contributed by atoms with Crippen LogP contribution < -0.4 is 5.32 Å². The number of hydrogen-bond acceptors (Lipinski definition) is 3. The van der Waals surface area contributed by atoms with Crippen molar-refractivity contribution in [1.29, 1.82) is 0 Å². The van der Waals surface area contributed by atoms with E-state index in [1.807, 2.05) is 11.8 Å². The van der Waals surface area contributed by atoms with E-state index in [0.29, 0.717) is 25.7 Å². The molecule has 2 fully saturated rings. The zero-order chi connectivity index (χ0) is 12.8. The molecule has 0 bridgehead atoms. The third-order valence-corrected chi connectivity index (χ3v) is 4.22. The molecule has 0 aromatic heterocycles. The molecule has 4 nitrogen and oxygen atoms in total. The Bertz CT molecular complexity index is 257. The van der Waals surface area contributed by atoms with Crippen LogP contribution >= 0.6 is 0 Å². The minimum Gasteiger partial charge on any atom is -0.381 e. The molecule has 1 N–H and O–H groups in total. The molecule has 2 saturated heterocycles. The molecule has 0 radical (unpaired) electrons. The van der Waals surface area contributed by atoms with E-state index in [2.05, 4.69) is 5.32 Å². The first-order valence-corrected chi connectivity index (χ1v) is 7.40. The van der Waals surface area contributed by atoms with Crippen LogP contribution in [0.5, 0.6) is 0 Å². The quantitative estimate of drug-likeness (QED) is 0.754. The molecule has 2 rings (SSSR count). The minimum absolute atomic E-state index is 0.265. The summed E-state index contributed by atoms with van der Waals surface area (Å²) in [4.78, 5) is 13.9. The fraction of sp³-hybridized carbons (Fsp3) is 0.929. The van der Waals surface area contributed by atoms with Crippen LogP contribution in [0.25, 0.3) is 0 Å². The Morgan fingerprint density at radius 1 is 1.33 bits per heavy atom. The normalized spacial score (nSPS) is 25.6. The molecule has 1 unspecified atom stereocenters. The van der Waals surface area contributed by atoms with Crippen LogP contribution in [0, 0.1) is 5.92 Å². The number of ether oxygens (including phenoxy) is 1. The van der Waals surface area contributed by atoms with Crippen LogP contribution in [0.15, 0.2) is 0 Å². The molecular formula is C14H26N2O2. The lowest BCUT2D eigenvalue weighted by Gasteiger charge is -2.35. The molecule has 2 aliphatic rings. The van der Waals surface area contributed by atoms with Gasteiger partial charge in [-0.25, -0.2) is 0 Å². The SMILES string of the molecule is CCOCCC(=O)N1CCC(C2CCCN2)CC1. The van der Waals surface area contributed by atoms with E-state index < -0.39 is 0 Å². The van der Waals surface area contributed by atoms with Gasteiger partial charge in [-0.3, -0.25) is 4.79 Å². The van der Waals surface area contributed by atoms with Crippen LogP contribution in [-0.4, -0.2) is 49.7 Å². The van der Waals surface area contributed by atoms with Gasteiger partial charge in [-0.2, -0.15) is 0 Å². The summed E-state index contributed by atoms with van der Waals surface area (Å²) < 4.78 is 5.24. The number of carbonyl (C=O) groups is 1. The third-order valence-electron chi connectivity index (χ3n) is 4.22. The van der Waals surface area contributed by atoms with Gasteiger partial charge in [0.25, 0.3) is 0 Å². The first-order valence-electron chi connectivity index (χ1n) is 7.40. The summed E-state index contributed by atoms with van der Waals surface area (Å²) in [5, 5.41) is 3.59. The Hall–Kier alpha value is -0.610. The Labute approximate surface area is 110 Å². The lowest BCUT2D eigenvalue weighted by atomic mass is 9.88. The number of carbonyl (C=O) groups excluding carboxylic acids is 1. The van der Waals surface area contributed by atoms with Gasteiger partial charge in [-0.15, -0.1) is 0 Å². The van der Waals surface area contributed by atoms with Gasteiger partial charge < -0.3 is 15.0 Å². The number of amides is 1. The highest BCUT2D eigenvalue weighted by molar-refractivity contribution is 5.76. The Balaban J connectivity index is 1.67. The summed E-state index contributed by atoms with van der Waals surface area (Å²) in [5.41, 5.74) is 0. The average molecular weight is 254 g/mol. The zero-order valence-electron chi connectivity index (χ0n) is 11.5. The van der Waals surface area contributed by atoms with E-state index >= 15 is 0 Å². The van der Waals surface area contributed by atoms with Crippen molar-refractivity contribution in [2.24, 2.45) is 5.92 Å². The number of hydrogen-bond donors (Lipinski definition) is 1. The summed E-state index contributed by atoms with van der Waals surface area (Å²) in [6.45, 7) is 6.28. The smallest absolute Gasteiger partial charge is 0.224 e. The van der Waals surface area contributed by atoms with Gasteiger partial charge in [0.15, 0.2) is 0 Å². The maximum absolute atomic E-state index is 11.9. The van der Waals surface area contributed by atoms with Gasteiger partial charge in [0, 0.05) is 25.7 Å². The fourth-order valence-corrected chi connectivity index (χ4v) is 3.13. The van der Waals surface area contributed by atoms with E-state index in [-0.39, 0.29) is 5.91 Å². The minimum atomic E-state index is 0.265. The maximum Gasteiger partial charge on any atom is 0.224 e. The van der Waals surface area contributed by atoms with Crippen LogP contribution in [0.1, 0.15) is 39.0 Å². The Morgan fingerprint density at radius 2 is 2.11 bits per heavy atom. The summed E-state index contributed by atoms with van der Waals surface area (Å²) in [6.07, 6.45) is 5.51. The van der Waals surface area contributed by atoms with E-state index in [1.54, 1.807) is 0 Å². The molecule has 2 heterocycles. The summed E-state index contributed by atoms with van der Waals surface area (Å²) in [5.74, 6) is 1.05. The van der Waals surface area contributed by atoms with Crippen LogP contribution in [0.2, 0.25) is 0 Å². The molecule has 1 amide bonds. The predicted octanol–water partition coefficient (Wildman–Crippen LogP) is 1.40. The Morgan fingerprint density at radius 3 is 2.72 bits per heavy atom. The molecule has 18 heavy (non-hydrogen) atoms. The van der Waals surface area contributed by atoms with Crippen molar-refractivity contribution < 1.29 is 9.53 Å². The van der Waals surface area contributed by atoms with Crippen molar-refractivity contribution in [3.63, 3.8) is 0 Å². The average Bonchev–Trinajstić information content (AvgIpc) is 2.93. The highest BCUT2D eigenvalue weighted by Crippen LogP contribution is 2.25. The molecule has 0 aromatic carbocycles. The summed E-state index contributed by atoms with van der Waals surface area (Å²) >= 11 is 0. The second-order valence-corrected chi connectivity index (χ2v) is 5.37. The lowest BCUT2D eigenvalue weighted by Crippen LogP contribution is -2.43. The second kappa shape index (κ2) is 7.10. The van der Waals surface area contributed by atoms with Crippen LogP contribution in [-0.2, 0) is 9.53 Å². The molecule has 1 atom stereocenters. The van der Waals surface area contributed by atoms with Gasteiger partial charge in [0.05, 0.1) is 13.0 Å². The fourth-order valence-electron chi connectivity index (χ4n) is 3.13. The van der Waals surface area contributed by atoms with E-state index in [9.17, 15) is 4.79 Å². The van der Waals surface area contributed by atoms with Crippen molar-refractivity contribution in [2.45, 2.75) is 45.1 Å². The summed E-state index contributed by atoms with van der Waals surface area (Å²) in [7, 11) is 0. The van der Waals surface area contributed by atoms with Crippen molar-refractivity contribution >= 4 is 5.91 Å². The first kappa shape index (κ1) is 13.8. The summed E-state index contributed by atoms with van der Waals surface area (Å²) in [6, 6.07) is 0.714. The van der Waals surface area contributed by atoms with Crippen LogP contribution in [0.4, 0.5) is 0 Å². The van der Waals surface area contributed by atoms with E-state index in [4.69, 9.17) is 4.74 Å². The topological polar surface area (TPSA) is 41.6 Å². The van der Waals surface area contributed by atoms with Gasteiger partial charge in [-0.1, -0.05) is 0 Å². The molecule has 0 spiro atoms. The molecule has 0 aromatic rings. The number of nitrogens with zero attached hydrogens (tertiary/aromatic N) is 1. The first-order chi connectivity index (χ1) is 8.81. The van der Waals surface area contributed by atoms with Gasteiger partial charge in [-0.05, 0) is 45.1 Å². The molecule has 4 heteroatoms. The molecular weight excluding hydrogens is 228 g/mol. The second-order valence-electron chi connectivity index (χ2n) is 5.37. The lowest BCUT2D eigenvalue weighted by molar-refractivity contribution is -0.133. The van der Waals surface area contributed by atoms with Crippen molar-refractivity contribution in [1.82, 2.24) is 10.2 Å². The molecule has 0 aliphatic carbocycles. The van der Waals surface area contributed by atoms with E-state index in [0.717, 1.165) is 31.8 Å². The molecule has 104 valence electrons. The molecule has 0 saturated carbocycles. The standard InChI is InChI=1S/C14H26N2O2/c1-2-18-11-7-14(17)16-9-5-12(6-10-16)13-4-3-8-15-13/h12-13,15H,2-11H2,1H3. The van der Waals surface area contributed by atoms with Crippen molar-refractivity contribution in [2.75, 3.05) is 32.8 Å². The monoisotopic (exact) mass is 254 g/mol. The largest absolute Gasteiger partial charge is 0.381 e. The third kappa shape index (κ3) is 3.69. The number of piperidine rings is 1. The van der Waals surface area contributed by atoms with Crippen molar-refractivity contribution in [3.8, 4) is 0 Å². The Kier molecular flexibility index (Phi) is 5.45. The predicted molar refractivity (Wildman–Crippen MR) is 71.4 cm³/mol. The number of likely N-dealkylation sites (tertiary alicyclic amines) is 1. The van der Waals surface area contributed by atoms with E-state index in [1.165, 1.54) is 19.4 Å². The highest BCUT2D eigenvalue weighted by atomic mass is 16.5. The highest BCUT2D eigenvalue weighted by Gasteiger charge is 2.29. The van der Waals surface area contributed by atoms with Crippen LogP contribution in [0.3, 0.4) is 0 Å².